The van der Waals surface area contributed by atoms with E-state index in [2.05, 4.69) is 0 Å². The summed E-state index contributed by atoms with van der Waals surface area (Å²) in [5.41, 5.74) is 0. The number of nitrogens with zero attached hydrogens (tertiary/aromatic N) is 1. The van der Waals surface area contributed by atoms with Gasteiger partial charge in [-0.3, -0.25) is 0 Å². The van der Waals surface area contributed by atoms with Gasteiger partial charge in [-0.1, -0.05) is 0 Å². The topological polar surface area (TPSA) is 69.6 Å². The largest absolute Gasteiger partial charge is 0.415 e. The van der Waals surface area contributed by atoms with Crippen molar-refractivity contribution in [1.82, 2.24) is 9.03 Å². The molecule has 0 aliphatic rings. The first-order chi connectivity index (χ1) is 6.98. The van der Waals surface area contributed by atoms with Gasteiger partial charge in [0, 0.05) is 19.6 Å². The molecule has 0 aromatic rings. The van der Waals surface area contributed by atoms with Gasteiger partial charge in [0.2, 0.25) is 0 Å². The van der Waals surface area contributed by atoms with E-state index in [1.54, 1.807) is 18.6 Å². The molecule has 16 heavy (non-hydrogen) atoms. The van der Waals surface area contributed by atoms with Crippen LogP contribution in [0, 0.1) is 0 Å². The molecule has 98 valence electrons. The van der Waals surface area contributed by atoms with Crippen molar-refractivity contribution in [2.24, 2.45) is 0 Å². The number of hydrogen-bond donors (Lipinski definition) is 2. The third kappa shape index (κ3) is 4.64. The summed E-state index contributed by atoms with van der Waals surface area (Å²) in [6.07, 6.45) is -7.54. The zero-order valence-corrected chi connectivity index (χ0v) is 9.93. The van der Waals surface area contributed by atoms with Gasteiger partial charge in [0.1, 0.15) is 0 Å². The Bertz CT molecular complexity index is 315. The molecule has 0 heterocycles. The molecule has 0 rings (SSSR count). The van der Waals surface area contributed by atoms with Crippen molar-refractivity contribution in [3.8, 4) is 0 Å². The van der Waals surface area contributed by atoms with E-state index >= 15 is 0 Å². The van der Waals surface area contributed by atoms with Crippen LogP contribution in [0.25, 0.3) is 0 Å². The second kappa shape index (κ2) is 5.30. The molecule has 1 atom stereocenters. The van der Waals surface area contributed by atoms with Crippen LogP contribution in [0.3, 0.4) is 0 Å². The molecule has 0 amide bonds. The normalized spacial score (nSPS) is 15.8. The number of hydrogen-bond acceptors (Lipinski definition) is 3. The predicted molar refractivity (Wildman–Crippen MR) is 51.9 cm³/mol. The van der Waals surface area contributed by atoms with E-state index in [-0.39, 0.29) is 6.04 Å². The second-order valence-corrected chi connectivity index (χ2v) is 5.34. The Morgan fingerprint density at radius 1 is 1.38 bits per heavy atom. The summed E-state index contributed by atoms with van der Waals surface area (Å²) in [4.78, 5) is 0. The van der Waals surface area contributed by atoms with Gasteiger partial charge in [0.25, 0.3) is 10.2 Å². The molecular formula is C7H15F3N2O3S. The maximum Gasteiger partial charge on any atom is 0.415 e. The molecule has 1 unspecified atom stereocenters. The molecule has 0 bridgehead atoms. The van der Waals surface area contributed by atoms with Gasteiger partial charge in [0.05, 0.1) is 0 Å². The van der Waals surface area contributed by atoms with Crippen molar-refractivity contribution in [3.63, 3.8) is 0 Å². The molecule has 0 aliphatic carbocycles. The highest BCUT2D eigenvalue weighted by Crippen LogP contribution is 2.19. The fourth-order valence-electron chi connectivity index (χ4n) is 0.679. The molecule has 0 fully saturated rings. The minimum atomic E-state index is -4.83. The average molecular weight is 264 g/mol. The smallest absolute Gasteiger partial charge is 0.382 e. The Morgan fingerprint density at radius 3 is 2.12 bits per heavy atom. The Kier molecular flexibility index (Phi) is 5.17. The van der Waals surface area contributed by atoms with Crippen LogP contribution in [0.4, 0.5) is 13.2 Å². The monoisotopic (exact) mass is 264 g/mol. The molecule has 0 aromatic heterocycles. The first kappa shape index (κ1) is 15.6. The summed E-state index contributed by atoms with van der Waals surface area (Å²) in [6, 6.07) is -0.388. The number of nitrogens with one attached hydrogen (secondary N) is 1. The summed E-state index contributed by atoms with van der Waals surface area (Å²) >= 11 is 0. The zero-order chi connectivity index (χ0) is 13.1. The molecule has 0 saturated carbocycles. The molecule has 9 heteroatoms. The highest BCUT2D eigenvalue weighted by molar-refractivity contribution is 7.87. The number of halogens is 3. The Morgan fingerprint density at radius 2 is 1.81 bits per heavy atom. The van der Waals surface area contributed by atoms with Crippen molar-refractivity contribution in [3.05, 3.63) is 0 Å². The summed E-state index contributed by atoms with van der Waals surface area (Å²) in [6.45, 7) is 2.04. The summed E-state index contributed by atoms with van der Waals surface area (Å²) in [5.74, 6) is 0. The molecule has 5 nitrogen and oxygen atoms in total. The molecule has 2 N–H and O–H groups in total. The minimum absolute atomic E-state index is 0.388. The first-order valence-corrected chi connectivity index (χ1v) is 5.90. The molecule has 0 aliphatic heterocycles. The van der Waals surface area contributed by atoms with Crippen LogP contribution in [0.15, 0.2) is 0 Å². The second-order valence-electron chi connectivity index (χ2n) is 3.52. The van der Waals surface area contributed by atoms with Crippen LogP contribution < -0.4 is 4.72 Å². The summed E-state index contributed by atoms with van der Waals surface area (Å²) in [7, 11) is -2.76. The number of aliphatic hydroxyl groups is 1. The fourth-order valence-corrected chi connectivity index (χ4v) is 1.81. The van der Waals surface area contributed by atoms with Gasteiger partial charge in [0.15, 0.2) is 6.10 Å². The van der Waals surface area contributed by atoms with Crippen molar-refractivity contribution in [2.45, 2.75) is 32.2 Å². The maximum absolute atomic E-state index is 11.9. The molecular weight excluding hydrogens is 249 g/mol. The molecule has 0 aromatic carbocycles. The predicted octanol–water partition coefficient (Wildman–Crippen LogP) is 0.0842. The van der Waals surface area contributed by atoms with E-state index in [0.717, 1.165) is 4.31 Å². The van der Waals surface area contributed by atoms with Crippen LogP contribution in [-0.4, -0.2) is 49.7 Å². The van der Waals surface area contributed by atoms with Gasteiger partial charge in [-0.05, 0) is 13.8 Å². The van der Waals surface area contributed by atoms with Crippen LogP contribution in [-0.2, 0) is 10.2 Å². The lowest BCUT2D eigenvalue weighted by atomic mass is 10.4. The maximum atomic E-state index is 11.9. The van der Waals surface area contributed by atoms with Crippen LogP contribution in [0.2, 0.25) is 0 Å². The van der Waals surface area contributed by atoms with E-state index in [0.29, 0.717) is 0 Å². The number of rotatable bonds is 5. The summed E-state index contributed by atoms with van der Waals surface area (Å²) < 4.78 is 60.9. The van der Waals surface area contributed by atoms with Crippen LogP contribution >= 0.6 is 0 Å². The van der Waals surface area contributed by atoms with E-state index in [4.69, 9.17) is 5.11 Å². The SMILES string of the molecule is CC(C)N(C)S(=O)(=O)NCC(O)C(F)(F)F. The Balaban J connectivity index is 4.42. The van der Waals surface area contributed by atoms with Gasteiger partial charge in [-0.15, -0.1) is 0 Å². The van der Waals surface area contributed by atoms with E-state index in [1.807, 2.05) is 0 Å². The molecule has 0 saturated heterocycles. The van der Waals surface area contributed by atoms with Crippen molar-refractivity contribution in [2.75, 3.05) is 13.6 Å². The van der Waals surface area contributed by atoms with E-state index in [1.165, 1.54) is 7.05 Å². The van der Waals surface area contributed by atoms with Crippen molar-refractivity contribution < 1.29 is 26.7 Å². The first-order valence-electron chi connectivity index (χ1n) is 4.46. The molecule has 0 radical (unpaired) electrons. The van der Waals surface area contributed by atoms with Gasteiger partial charge < -0.3 is 5.11 Å². The quantitative estimate of drug-likeness (QED) is 0.739. The standard InChI is InChI=1S/C7H15F3N2O3S/c1-5(2)12(3)16(14,15)11-4-6(13)7(8,9)10/h5-6,11,13H,4H2,1-3H3. The highest BCUT2D eigenvalue weighted by atomic mass is 32.2. The lowest BCUT2D eigenvalue weighted by molar-refractivity contribution is -0.200. The third-order valence-electron chi connectivity index (χ3n) is 1.94. The van der Waals surface area contributed by atoms with Crippen LogP contribution in [0.5, 0.6) is 0 Å². The van der Waals surface area contributed by atoms with Crippen molar-refractivity contribution >= 4 is 10.2 Å². The highest BCUT2D eigenvalue weighted by Gasteiger charge is 2.39. The lowest BCUT2D eigenvalue weighted by Crippen LogP contribution is -2.47. The lowest BCUT2D eigenvalue weighted by Gasteiger charge is -2.22. The van der Waals surface area contributed by atoms with E-state index in [9.17, 15) is 21.6 Å². The summed E-state index contributed by atoms with van der Waals surface area (Å²) in [5, 5.41) is 8.60. The minimum Gasteiger partial charge on any atom is -0.382 e. The van der Waals surface area contributed by atoms with Crippen molar-refractivity contribution in [1.29, 1.82) is 0 Å². The number of aliphatic hydroxyl groups excluding tert-OH is 1. The fraction of sp³-hybridized carbons (Fsp3) is 1.00. The van der Waals surface area contributed by atoms with Crippen LogP contribution in [0.1, 0.15) is 13.8 Å². The average Bonchev–Trinajstić information content (AvgIpc) is 2.11. The third-order valence-corrected chi connectivity index (χ3v) is 3.65. The Hall–Kier alpha value is -0.380. The van der Waals surface area contributed by atoms with E-state index < -0.39 is 29.0 Å². The zero-order valence-electron chi connectivity index (χ0n) is 9.11. The van der Waals surface area contributed by atoms with Gasteiger partial charge in [-0.2, -0.15) is 30.6 Å². The number of alkyl halides is 3. The van der Waals surface area contributed by atoms with Gasteiger partial charge in [-0.25, -0.2) is 0 Å². The Labute approximate surface area is 92.4 Å². The molecule has 0 spiro atoms. The van der Waals surface area contributed by atoms with Gasteiger partial charge >= 0.3 is 6.18 Å².